The Morgan fingerprint density at radius 3 is 2.67 bits per heavy atom. The van der Waals surface area contributed by atoms with Crippen molar-refractivity contribution in [2.24, 2.45) is 16.6 Å². The summed E-state index contributed by atoms with van der Waals surface area (Å²) in [5.41, 5.74) is 5.40. The molecule has 0 saturated carbocycles. The van der Waals surface area contributed by atoms with Gasteiger partial charge in [0.05, 0.1) is 6.04 Å². The van der Waals surface area contributed by atoms with Crippen molar-refractivity contribution in [2.75, 3.05) is 6.54 Å². The summed E-state index contributed by atoms with van der Waals surface area (Å²) in [4.78, 5) is 4.17. The molecular weight excluding hydrogens is 114 g/mol. The minimum atomic E-state index is 0.394. The number of nitrogens with zero attached hydrogens (tertiary/aromatic N) is 1. The van der Waals surface area contributed by atoms with E-state index < -0.39 is 0 Å². The summed E-state index contributed by atoms with van der Waals surface area (Å²) in [5, 5.41) is 2.98. The van der Waals surface area contributed by atoms with E-state index in [4.69, 9.17) is 5.73 Å². The fourth-order valence-corrected chi connectivity index (χ4v) is 0.864. The third kappa shape index (κ3) is 1.34. The van der Waals surface area contributed by atoms with Gasteiger partial charge in [0, 0.05) is 6.54 Å². The monoisotopic (exact) mass is 127 g/mol. The summed E-state index contributed by atoms with van der Waals surface area (Å²) < 4.78 is 0. The van der Waals surface area contributed by atoms with Crippen LogP contribution in [-0.4, -0.2) is 18.5 Å². The van der Waals surface area contributed by atoms with E-state index in [1.54, 1.807) is 0 Å². The van der Waals surface area contributed by atoms with Gasteiger partial charge in [-0.15, -0.1) is 0 Å². The molecule has 1 unspecified atom stereocenters. The van der Waals surface area contributed by atoms with E-state index >= 15 is 0 Å². The van der Waals surface area contributed by atoms with Crippen LogP contribution in [0.25, 0.3) is 0 Å². The van der Waals surface area contributed by atoms with E-state index in [1.165, 1.54) is 0 Å². The number of nitrogens with two attached hydrogens (primary N) is 1. The van der Waals surface area contributed by atoms with E-state index in [-0.39, 0.29) is 0 Å². The lowest BCUT2D eigenvalue weighted by Gasteiger charge is -2.07. The highest BCUT2D eigenvalue weighted by Crippen LogP contribution is 2.07. The smallest absolute Gasteiger partial charge is 0.189 e. The van der Waals surface area contributed by atoms with Crippen LogP contribution in [0, 0.1) is 5.92 Å². The highest BCUT2D eigenvalue weighted by molar-refractivity contribution is 5.79. The first-order chi connectivity index (χ1) is 4.20. The molecule has 3 nitrogen and oxygen atoms in total. The van der Waals surface area contributed by atoms with Gasteiger partial charge in [0.15, 0.2) is 5.96 Å². The Bertz CT molecular complexity index is 128. The molecule has 1 atom stereocenters. The maximum absolute atomic E-state index is 5.40. The Kier molecular flexibility index (Phi) is 1.60. The van der Waals surface area contributed by atoms with Gasteiger partial charge in [0.2, 0.25) is 0 Å². The molecule has 0 fully saturated rings. The summed E-state index contributed by atoms with van der Waals surface area (Å²) in [6.07, 6.45) is 0. The lowest BCUT2D eigenvalue weighted by molar-refractivity contribution is 0.512. The molecule has 0 amide bonds. The second-order valence-electron chi connectivity index (χ2n) is 2.71. The van der Waals surface area contributed by atoms with Crippen LogP contribution in [-0.2, 0) is 0 Å². The summed E-state index contributed by atoms with van der Waals surface area (Å²) >= 11 is 0. The number of hydrogen-bond donors (Lipinski definition) is 2. The summed E-state index contributed by atoms with van der Waals surface area (Å²) in [7, 11) is 0. The van der Waals surface area contributed by atoms with Crippen LogP contribution >= 0.6 is 0 Å². The average molecular weight is 127 g/mol. The topological polar surface area (TPSA) is 50.4 Å². The Morgan fingerprint density at radius 1 is 1.78 bits per heavy atom. The lowest BCUT2D eigenvalue weighted by Crippen LogP contribution is -2.28. The third-order valence-electron chi connectivity index (χ3n) is 1.57. The van der Waals surface area contributed by atoms with Crippen LogP contribution in [0.3, 0.4) is 0 Å². The van der Waals surface area contributed by atoms with Crippen LogP contribution in [0.15, 0.2) is 4.99 Å². The van der Waals surface area contributed by atoms with Crippen molar-refractivity contribution < 1.29 is 0 Å². The van der Waals surface area contributed by atoms with Gasteiger partial charge in [-0.25, -0.2) is 4.99 Å². The summed E-state index contributed by atoms with van der Waals surface area (Å²) in [6, 6.07) is 0.394. The molecule has 0 bridgehead atoms. The number of rotatable bonds is 1. The van der Waals surface area contributed by atoms with E-state index in [0.29, 0.717) is 17.9 Å². The van der Waals surface area contributed by atoms with Crippen molar-refractivity contribution in [3.05, 3.63) is 0 Å². The molecule has 0 aromatic carbocycles. The molecule has 0 radical (unpaired) electrons. The molecule has 3 heteroatoms. The van der Waals surface area contributed by atoms with Crippen molar-refractivity contribution in [2.45, 2.75) is 19.9 Å². The number of aliphatic imine (C=N–C) groups is 1. The number of nitrogens with one attached hydrogen (secondary N) is 1. The molecule has 9 heavy (non-hydrogen) atoms. The van der Waals surface area contributed by atoms with Crippen LogP contribution in [0.5, 0.6) is 0 Å². The van der Waals surface area contributed by atoms with Crippen LogP contribution in [0.1, 0.15) is 13.8 Å². The molecule has 1 aliphatic heterocycles. The van der Waals surface area contributed by atoms with Gasteiger partial charge in [-0.3, -0.25) is 0 Å². The molecule has 1 aliphatic rings. The van der Waals surface area contributed by atoms with Crippen molar-refractivity contribution in [3.63, 3.8) is 0 Å². The summed E-state index contributed by atoms with van der Waals surface area (Å²) in [6.45, 7) is 5.20. The fourth-order valence-electron chi connectivity index (χ4n) is 0.864. The quantitative estimate of drug-likeness (QED) is 0.518. The highest BCUT2D eigenvalue weighted by Gasteiger charge is 2.17. The zero-order valence-electron chi connectivity index (χ0n) is 5.89. The van der Waals surface area contributed by atoms with Gasteiger partial charge in [-0.1, -0.05) is 13.8 Å². The van der Waals surface area contributed by atoms with Gasteiger partial charge < -0.3 is 11.1 Å². The van der Waals surface area contributed by atoms with Crippen molar-refractivity contribution in [1.82, 2.24) is 5.32 Å². The van der Waals surface area contributed by atoms with Gasteiger partial charge >= 0.3 is 0 Å². The van der Waals surface area contributed by atoms with E-state index in [2.05, 4.69) is 24.2 Å². The van der Waals surface area contributed by atoms with E-state index in [0.717, 1.165) is 6.54 Å². The Hall–Kier alpha value is -0.730. The van der Waals surface area contributed by atoms with Crippen LogP contribution in [0.2, 0.25) is 0 Å². The zero-order valence-corrected chi connectivity index (χ0v) is 5.89. The van der Waals surface area contributed by atoms with E-state index in [1.807, 2.05) is 0 Å². The first-order valence-electron chi connectivity index (χ1n) is 3.27. The Morgan fingerprint density at radius 2 is 2.44 bits per heavy atom. The molecule has 0 aromatic heterocycles. The normalized spacial score (nSPS) is 26.1. The van der Waals surface area contributed by atoms with E-state index in [9.17, 15) is 0 Å². The van der Waals surface area contributed by atoms with Crippen LogP contribution < -0.4 is 11.1 Å². The Labute approximate surface area is 55.3 Å². The standard InChI is InChI=1S/C6H13N3/c1-4(2)5-3-8-6(7)9-5/h4-5H,3H2,1-2H3,(H3,7,8,9). The largest absolute Gasteiger partial charge is 0.370 e. The van der Waals surface area contributed by atoms with Gasteiger partial charge in [-0.05, 0) is 5.92 Å². The first kappa shape index (κ1) is 6.39. The maximum atomic E-state index is 5.40. The van der Waals surface area contributed by atoms with Crippen molar-refractivity contribution >= 4 is 5.96 Å². The van der Waals surface area contributed by atoms with Crippen LogP contribution in [0.4, 0.5) is 0 Å². The molecule has 52 valence electrons. The summed E-state index contributed by atoms with van der Waals surface area (Å²) in [5.74, 6) is 1.19. The van der Waals surface area contributed by atoms with Crippen molar-refractivity contribution in [3.8, 4) is 0 Å². The predicted octanol–water partition coefficient (Wildman–Crippen LogP) is -0.0711. The molecule has 0 saturated heterocycles. The molecule has 1 rings (SSSR count). The fraction of sp³-hybridized carbons (Fsp3) is 0.833. The molecule has 0 aromatic rings. The zero-order chi connectivity index (χ0) is 6.85. The highest BCUT2D eigenvalue weighted by atomic mass is 15.2. The minimum absolute atomic E-state index is 0.394. The molecular formula is C6H13N3. The Balaban J connectivity index is 2.47. The number of hydrogen-bond acceptors (Lipinski definition) is 3. The van der Waals surface area contributed by atoms with Crippen molar-refractivity contribution in [1.29, 1.82) is 0 Å². The molecule has 0 spiro atoms. The number of guanidine groups is 1. The van der Waals surface area contributed by atoms with Gasteiger partial charge in [0.25, 0.3) is 0 Å². The second-order valence-corrected chi connectivity index (χ2v) is 2.71. The first-order valence-corrected chi connectivity index (χ1v) is 3.27. The van der Waals surface area contributed by atoms with Gasteiger partial charge in [-0.2, -0.15) is 0 Å². The predicted molar refractivity (Wildman–Crippen MR) is 38.3 cm³/mol. The lowest BCUT2D eigenvalue weighted by atomic mass is 10.1. The average Bonchev–Trinajstić information content (AvgIpc) is 2.14. The molecule has 3 N–H and O–H groups in total. The minimum Gasteiger partial charge on any atom is -0.370 e. The maximum Gasteiger partial charge on any atom is 0.189 e. The molecule has 1 heterocycles. The third-order valence-corrected chi connectivity index (χ3v) is 1.57. The molecule has 0 aliphatic carbocycles. The SMILES string of the molecule is CC(C)C1CNC(N)=N1. The van der Waals surface area contributed by atoms with Gasteiger partial charge in [0.1, 0.15) is 0 Å². The second kappa shape index (κ2) is 2.25.